The molecule has 0 radical (unpaired) electrons. The predicted octanol–water partition coefficient (Wildman–Crippen LogP) is 13.6. The Hall–Kier alpha value is -6.84. The van der Waals surface area contributed by atoms with E-state index in [0.29, 0.717) is 0 Å². The minimum atomic E-state index is 0.896. The van der Waals surface area contributed by atoms with Gasteiger partial charge in [0.25, 0.3) is 0 Å². The molecule has 0 spiro atoms. The van der Waals surface area contributed by atoms with Crippen LogP contribution in [0.5, 0.6) is 0 Å². The summed E-state index contributed by atoms with van der Waals surface area (Å²) in [5.41, 5.74) is 14.2. The Morgan fingerprint density at radius 2 is 0.745 bits per heavy atom. The maximum absolute atomic E-state index is 6.71. The first-order valence-corrected chi connectivity index (χ1v) is 17.4. The highest BCUT2D eigenvalue weighted by Gasteiger charge is 2.25. The molecule has 0 saturated carbocycles. The molecule has 0 aliphatic rings. The zero-order valence-electron chi connectivity index (χ0n) is 27.4. The van der Waals surface area contributed by atoms with Gasteiger partial charge in [0, 0.05) is 43.1 Å². The van der Waals surface area contributed by atoms with Gasteiger partial charge >= 0.3 is 0 Å². The van der Waals surface area contributed by atoms with Gasteiger partial charge < -0.3 is 13.2 Å². The first-order valence-electron chi connectivity index (χ1n) is 17.4. The number of rotatable bonds is 3. The van der Waals surface area contributed by atoms with Gasteiger partial charge in [-0.3, -0.25) is 0 Å². The van der Waals surface area contributed by atoms with Gasteiger partial charge in [0.05, 0.1) is 16.6 Å². The number of para-hydroxylation sites is 2. The third kappa shape index (κ3) is 3.62. The number of aromatic nitrogens is 1. The molecule has 0 unspecified atom stereocenters. The van der Waals surface area contributed by atoms with Crippen LogP contribution in [0.3, 0.4) is 0 Å². The summed E-state index contributed by atoms with van der Waals surface area (Å²) in [6.45, 7) is 0. The SMILES string of the molecule is c1ccc(-c2ccccc2-c2ccc(-c3cc4c5ccc6c7ccccc7oc6c5n5c4c(c3)c3ccc4c6ccccc6oc4c35)cc2)cc1. The van der Waals surface area contributed by atoms with Gasteiger partial charge in [0.1, 0.15) is 11.2 Å². The van der Waals surface area contributed by atoms with E-state index in [9.17, 15) is 0 Å². The van der Waals surface area contributed by atoms with Gasteiger partial charge in [-0.25, -0.2) is 0 Å². The van der Waals surface area contributed by atoms with Gasteiger partial charge in [-0.05, 0) is 69.8 Å². The van der Waals surface area contributed by atoms with Gasteiger partial charge in [0.15, 0.2) is 11.2 Å². The van der Waals surface area contributed by atoms with Crippen LogP contribution in [0.2, 0.25) is 0 Å². The van der Waals surface area contributed by atoms with Crippen molar-refractivity contribution in [2.45, 2.75) is 0 Å². The van der Waals surface area contributed by atoms with Crippen molar-refractivity contribution >= 4 is 82.0 Å². The molecule has 8 aromatic carbocycles. The maximum Gasteiger partial charge on any atom is 0.160 e. The normalized spacial score (nSPS) is 12.3. The Balaban J connectivity index is 1.15. The van der Waals surface area contributed by atoms with Crippen LogP contribution in [-0.4, -0.2) is 4.40 Å². The lowest BCUT2D eigenvalue weighted by atomic mass is 9.93. The summed E-state index contributed by atoms with van der Waals surface area (Å²) in [5, 5.41) is 9.26. The Morgan fingerprint density at radius 3 is 1.31 bits per heavy atom. The zero-order chi connectivity index (χ0) is 33.2. The molecule has 4 heterocycles. The van der Waals surface area contributed by atoms with Gasteiger partial charge in [-0.2, -0.15) is 0 Å². The number of furan rings is 2. The molecule has 0 amide bonds. The van der Waals surface area contributed by atoms with Crippen LogP contribution in [0.15, 0.2) is 173 Å². The van der Waals surface area contributed by atoms with Crippen LogP contribution in [0.25, 0.3) is 115 Å². The highest BCUT2D eigenvalue weighted by Crippen LogP contribution is 2.47. The second-order valence-electron chi connectivity index (χ2n) is 13.6. The van der Waals surface area contributed by atoms with Crippen LogP contribution in [0.4, 0.5) is 0 Å². The van der Waals surface area contributed by atoms with Crippen LogP contribution < -0.4 is 0 Å². The topological polar surface area (TPSA) is 30.7 Å². The third-order valence-electron chi connectivity index (χ3n) is 10.9. The number of fused-ring (bicyclic) bond motifs is 14. The smallest absolute Gasteiger partial charge is 0.160 e. The standard InChI is InChI=1S/C48H27NO2/c1-2-10-29(11-3-1)32-12-4-5-13-33(32)30-20-18-28(19-21-30)31-26-40-36-22-24-38-34-14-6-8-16-42(34)50-47(38)45(36)49-44(40)41(27-31)37-23-25-39-35-15-7-9-17-43(35)51-48(39)46(37)49/h1-27H. The van der Waals surface area contributed by atoms with Gasteiger partial charge in [-0.15, -0.1) is 0 Å². The number of hydrogen-bond donors (Lipinski definition) is 0. The van der Waals surface area contributed by atoms with E-state index in [0.717, 1.165) is 54.9 Å². The molecular formula is C48H27NO2. The average molecular weight is 650 g/mol. The average Bonchev–Trinajstić information content (AvgIpc) is 3.94. The molecule has 0 fully saturated rings. The Labute approximate surface area is 291 Å². The highest BCUT2D eigenvalue weighted by atomic mass is 16.3. The number of nitrogens with zero attached hydrogens (tertiary/aromatic N) is 1. The molecule has 3 nitrogen and oxygen atoms in total. The fourth-order valence-electron chi connectivity index (χ4n) is 8.66. The second kappa shape index (κ2) is 9.87. The van der Waals surface area contributed by atoms with Crippen molar-refractivity contribution in [2.24, 2.45) is 0 Å². The highest BCUT2D eigenvalue weighted by molar-refractivity contribution is 6.32. The summed E-state index contributed by atoms with van der Waals surface area (Å²) in [5.74, 6) is 0. The molecule has 3 heteroatoms. The fourth-order valence-corrected chi connectivity index (χ4v) is 8.66. The van der Waals surface area contributed by atoms with Crippen molar-refractivity contribution in [1.82, 2.24) is 4.40 Å². The van der Waals surface area contributed by atoms with Gasteiger partial charge in [-0.1, -0.05) is 127 Å². The van der Waals surface area contributed by atoms with Crippen LogP contribution in [0, 0.1) is 0 Å². The molecule has 12 rings (SSSR count). The van der Waals surface area contributed by atoms with Crippen molar-refractivity contribution < 1.29 is 8.83 Å². The quantitative estimate of drug-likeness (QED) is 0.191. The monoisotopic (exact) mass is 649 g/mol. The molecule has 4 aromatic heterocycles. The van der Waals surface area contributed by atoms with Crippen molar-refractivity contribution in [1.29, 1.82) is 0 Å². The van der Waals surface area contributed by atoms with Crippen molar-refractivity contribution in [3.63, 3.8) is 0 Å². The van der Waals surface area contributed by atoms with E-state index in [1.54, 1.807) is 0 Å². The molecular weight excluding hydrogens is 623 g/mol. The predicted molar refractivity (Wildman–Crippen MR) is 212 cm³/mol. The Morgan fingerprint density at radius 1 is 0.294 bits per heavy atom. The Kier molecular flexibility index (Phi) is 5.23. The van der Waals surface area contributed by atoms with E-state index in [2.05, 4.69) is 156 Å². The lowest BCUT2D eigenvalue weighted by Gasteiger charge is -2.11. The first kappa shape index (κ1) is 27.0. The van der Waals surface area contributed by atoms with E-state index in [-0.39, 0.29) is 0 Å². The number of benzene rings is 8. The van der Waals surface area contributed by atoms with E-state index >= 15 is 0 Å². The van der Waals surface area contributed by atoms with Crippen LogP contribution >= 0.6 is 0 Å². The molecule has 0 aliphatic carbocycles. The van der Waals surface area contributed by atoms with E-state index < -0.39 is 0 Å². The summed E-state index contributed by atoms with van der Waals surface area (Å²) < 4.78 is 15.8. The van der Waals surface area contributed by atoms with Crippen molar-refractivity contribution in [3.8, 4) is 33.4 Å². The maximum atomic E-state index is 6.71. The lowest BCUT2D eigenvalue weighted by Crippen LogP contribution is -1.85. The minimum absolute atomic E-state index is 0.896. The lowest BCUT2D eigenvalue weighted by molar-refractivity contribution is 0.670. The first-order chi connectivity index (χ1) is 25.3. The third-order valence-corrected chi connectivity index (χ3v) is 10.9. The molecule has 0 saturated heterocycles. The molecule has 0 bridgehead atoms. The van der Waals surface area contributed by atoms with E-state index in [4.69, 9.17) is 8.83 Å². The molecule has 0 atom stereocenters. The van der Waals surface area contributed by atoms with Crippen LogP contribution in [0.1, 0.15) is 0 Å². The molecule has 236 valence electrons. The fraction of sp³-hybridized carbons (Fsp3) is 0. The summed E-state index contributed by atoms with van der Waals surface area (Å²) in [7, 11) is 0. The summed E-state index contributed by atoms with van der Waals surface area (Å²) >= 11 is 0. The Bertz CT molecular complexity index is 3180. The molecule has 51 heavy (non-hydrogen) atoms. The summed E-state index contributed by atoms with van der Waals surface area (Å²) in [6, 6.07) is 58.7. The van der Waals surface area contributed by atoms with Gasteiger partial charge in [0.2, 0.25) is 0 Å². The molecule has 0 aliphatic heterocycles. The summed E-state index contributed by atoms with van der Waals surface area (Å²) in [6.07, 6.45) is 0. The van der Waals surface area contributed by atoms with Crippen LogP contribution in [-0.2, 0) is 0 Å². The summed E-state index contributed by atoms with van der Waals surface area (Å²) in [4.78, 5) is 0. The zero-order valence-corrected chi connectivity index (χ0v) is 27.4. The van der Waals surface area contributed by atoms with E-state index in [1.807, 2.05) is 12.1 Å². The number of hydrogen-bond acceptors (Lipinski definition) is 2. The second-order valence-corrected chi connectivity index (χ2v) is 13.6. The molecule has 12 aromatic rings. The van der Waals surface area contributed by atoms with E-state index in [1.165, 1.54) is 60.4 Å². The van der Waals surface area contributed by atoms with Crippen molar-refractivity contribution in [2.75, 3.05) is 0 Å². The minimum Gasteiger partial charge on any atom is -0.454 e. The largest absolute Gasteiger partial charge is 0.454 e. The van der Waals surface area contributed by atoms with Crippen molar-refractivity contribution in [3.05, 3.63) is 164 Å². The molecule has 0 N–H and O–H groups in total.